The van der Waals surface area contributed by atoms with Crippen molar-refractivity contribution in [1.29, 1.82) is 0 Å². The number of rotatable bonds is 4. The Hall–Kier alpha value is -2.37. The molecule has 0 aliphatic heterocycles. The largest absolute Gasteiger partial charge is 0.476 e. The fourth-order valence-corrected chi connectivity index (χ4v) is 1.50. The average Bonchev–Trinajstić information content (AvgIpc) is 2.38. The van der Waals surface area contributed by atoms with Gasteiger partial charge in [0.15, 0.2) is 0 Å². The van der Waals surface area contributed by atoms with Crippen LogP contribution in [0.2, 0.25) is 0 Å². The molecule has 1 aromatic heterocycles. The van der Waals surface area contributed by atoms with Gasteiger partial charge in [-0.2, -0.15) is 4.98 Å². The summed E-state index contributed by atoms with van der Waals surface area (Å²) in [6, 6.07) is 6.27. The number of halogens is 2. The molecule has 3 N–H and O–H groups in total. The second-order valence-electron chi connectivity index (χ2n) is 3.77. The number of benzene rings is 1. The number of pyridine rings is 1. The van der Waals surface area contributed by atoms with Crippen LogP contribution in [0.15, 0.2) is 30.3 Å². The second kappa shape index (κ2) is 5.51. The zero-order chi connectivity index (χ0) is 13.8. The quantitative estimate of drug-likeness (QED) is 0.891. The van der Waals surface area contributed by atoms with Crippen LogP contribution >= 0.6 is 0 Å². The van der Waals surface area contributed by atoms with E-state index in [1.165, 1.54) is 0 Å². The summed E-state index contributed by atoms with van der Waals surface area (Å²) in [5.74, 6) is -0.533. The van der Waals surface area contributed by atoms with Crippen molar-refractivity contribution in [2.75, 3.05) is 17.7 Å². The van der Waals surface area contributed by atoms with Crippen molar-refractivity contribution in [3.05, 3.63) is 42.0 Å². The SMILES string of the molecule is CCOc1nc(Nc2cc(F)ccc2F)ccc1N. The first-order valence-corrected chi connectivity index (χ1v) is 5.71. The molecule has 6 heteroatoms. The maximum Gasteiger partial charge on any atom is 0.239 e. The van der Waals surface area contributed by atoms with Gasteiger partial charge < -0.3 is 15.8 Å². The Bertz CT molecular complexity index is 590. The summed E-state index contributed by atoms with van der Waals surface area (Å²) in [6.45, 7) is 2.21. The highest BCUT2D eigenvalue weighted by atomic mass is 19.1. The Balaban J connectivity index is 2.28. The predicted octanol–water partition coefficient (Wildman–Crippen LogP) is 3.08. The van der Waals surface area contributed by atoms with Crippen LogP contribution in [0.3, 0.4) is 0 Å². The minimum Gasteiger partial charge on any atom is -0.476 e. The Labute approximate surface area is 109 Å². The van der Waals surface area contributed by atoms with Crippen LogP contribution < -0.4 is 15.8 Å². The molecule has 0 saturated carbocycles. The fourth-order valence-electron chi connectivity index (χ4n) is 1.50. The minimum absolute atomic E-state index is 0.000259. The van der Waals surface area contributed by atoms with Crippen molar-refractivity contribution < 1.29 is 13.5 Å². The molecule has 2 rings (SSSR count). The van der Waals surface area contributed by atoms with Gasteiger partial charge in [0.05, 0.1) is 18.0 Å². The second-order valence-corrected chi connectivity index (χ2v) is 3.77. The van der Waals surface area contributed by atoms with E-state index in [9.17, 15) is 8.78 Å². The Morgan fingerprint density at radius 3 is 2.79 bits per heavy atom. The molecule has 19 heavy (non-hydrogen) atoms. The third-order valence-electron chi connectivity index (χ3n) is 2.36. The number of anilines is 3. The number of aromatic nitrogens is 1. The summed E-state index contributed by atoms with van der Waals surface area (Å²) in [6.07, 6.45) is 0. The summed E-state index contributed by atoms with van der Waals surface area (Å²) >= 11 is 0. The van der Waals surface area contributed by atoms with Crippen molar-refractivity contribution >= 4 is 17.2 Å². The van der Waals surface area contributed by atoms with E-state index >= 15 is 0 Å². The summed E-state index contributed by atoms with van der Waals surface area (Å²) in [4.78, 5) is 4.08. The monoisotopic (exact) mass is 265 g/mol. The lowest BCUT2D eigenvalue weighted by Crippen LogP contribution is -2.03. The molecule has 0 spiro atoms. The number of nitrogens with two attached hydrogens (primary N) is 1. The molecule has 100 valence electrons. The topological polar surface area (TPSA) is 60.2 Å². The van der Waals surface area contributed by atoms with E-state index in [1.54, 1.807) is 19.1 Å². The molecule has 0 unspecified atom stereocenters. The molecule has 0 fully saturated rings. The lowest BCUT2D eigenvalue weighted by atomic mass is 10.3. The molecule has 2 aromatic rings. The van der Waals surface area contributed by atoms with Crippen LogP contribution in [0.25, 0.3) is 0 Å². The number of nitrogens with zero attached hydrogens (tertiary/aromatic N) is 1. The first-order valence-electron chi connectivity index (χ1n) is 5.71. The highest BCUT2D eigenvalue weighted by Gasteiger charge is 2.07. The first-order chi connectivity index (χ1) is 9.10. The standard InChI is InChI=1S/C13H13F2N3O/c1-2-19-13-10(16)5-6-12(18-13)17-11-7-8(14)3-4-9(11)15/h3-7H,2,16H2,1H3,(H,17,18). The first kappa shape index (κ1) is 13.1. The Morgan fingerprint density at radius 2 is 2.05 bits per heavy atom. The lowest BCUT2D eigenvalue weighted by Gasteiger charge is -2.10. The van der Waals surface area contributed by atoms with E-state index in [0.29, 0.717) is 18.1 Å². The van der Waals surface area contributed by atoms with E-state index in [0.717, 1.165) is 18.2 Å². The number of nitrogen functional groups attached to an aromatic ring is 1. The van der Waals surface area contributed by atoms with E-state index in [1.807, 2.05) is 0 Å². The average molecular weight is 265 g/mol. The zero-order valence-electron chi connectivity index (χ0n) is 10.3. The molecule has 0 aliphatic carbocycles. The summed E-state index contributed by atoms with van der Waals surface area (Å²) in [7, 11) is 0. The van der Waals surface area contributed by atoms with E-state index < -0.39 is 11.6 Å². The fraction of sp³-hybridized carbons (Fsp3) is 0.154. The maximum atomic E-state index is 13.5. The minimum atomic E-state index is -0.571. The van der Waals surface area contributed by atoms with E-state index in [-0.39, 0.29) is 11.6 Å². The van der Waals surface area contributed by atoms with Crippen molar-refractivity contribution in [2.45, 2.75) is 6.92 Å². The van der Waals surface area contributed by atoms with Gasteiger partial charge in [0.2, 0.25) is 5.88 Å². The van der Waals surface area contributed by atoms with Crippen LogP contribution in [0.1, 0.15) is 6.92 Å². The van der Waals surface area contributed by atoms with Gasteiger partial charge in [-0.15, -0.1) is 0 Å². The predicted molar refractivity (Wildman–Crippen MR) is 69.5 cm³/mol. The third kappa shape index (κ3) is 3.09. The van der Waals surface area contributed by atoms with Crippen LogP contribution in [0, 0.1) is 11.6 Å². The summed E-state index contributed by atoms with van der Waals surface area (Å²) in [5.41, 5.74) is 6.05. The van der Waals surface area contributed by atoms with E-state index in [2.05, 4.69) is 10.3 Å². The van der Waals surface area contributed by atoms with Crippen molar-refractivity contribution in [1.82, 2.24) is 4.98 Å². The summed E-state index contributed by atoms with van der Waals surface area (Å²) in [5, 5.41) is 2.68. The number of hydrogen-bond donors (Lipinski definition) is 2. The third-order valence-corrected chi connectivity index (χ3v) is 2.36. The molecular weight excluding hydrogens is 252 g/mol. The van der Waals surface area contributed by atoms with Crippen molar-refractivity contribution in [3.63, 3.8) is 0 Å². The molecule has 4 nitrogen and oxygen atoms in total. The van der Waals surface area contributed by atoms with Gasteiger partial charge in [0.1, 0.15) is 17.5 Å². The zero-order valence-corrected chi connectivity index (χ0v) is 10.3. The smallest absolute Gasteiger partial charge is 0.239 e. The van der Waals surface area contributed by atoms with Gasteiger partial charge in [-0.3, -0.25) is 0 Å². The normalized spacial score (nSPS) is 10.3. The highest BCUT2D eigenvalue weighted by molar-refractivity contribution is 5.61. The number of nitrogens with one attached hydrogen (secondary N) is 1. The molecule has 1 heterocycles. The highest BCUT2D eigenvalue weighted by Crippen LogP contribution is 2.24. The molecular formula is C13H13F2N3O. The van der Waals surface area contributed by atoms with Gasteiger partial charge >= 0.3 is 0 Å². The number of ether oxygens (including phenoxy) is 1. The van der Waals surface area contributed by atoms with Crippen LogP contribution in [-0.4, -0.2) is 11.6 Å². The van der Waals surface area contributed by atoms with Crippen LogP contribution in [0.5, 0.6) is 5.88 Å². The van der Waals surface area contributed by atoms with Gasteiger partial charge in [0.25, 0.3) is 0 Å². The maximum absolute atomic E-state index is 13.5. The van der Waals surface area contributed by atoms with Gasteiger partial charge in [0, 0.05) is 6.07 Å². The van der Waals surface area contributed by atoms with E-state index in [4.69, 9.17) is 10.5 Å². The molecule has 0 radical (unpaired) electrons. The van der Waals surface area contributed by atoms with Gasteiger partial charge in [-0.05, 0) is 31.2 Å². The van der Waals surface area contributed by atoms with Gasteiger partial charge in [-0.1, -0.05) is 0 Å². The van der Waals surface area contributed by atoms with Crippen molar-refractivity contribution in [3.8, 4) is 5.88 Å². The molecule has 0 bridgehead atoms. The van der Waals surface area contributed by atoms with Gasteiger partial charge in [-0.25, -0.2) is 8.78 Å². The molecule has 0 amide bonds. The Morgan fingerprint density at radius 1 is 1.26 bits per heavy atom. The van der Waals surface area contributed by atoms with Crippen molar-refractivity contribution in [2.24, 2.45) is 0 Å². The van der Waals surface area contributed by atoms with Crippen LogP contribution in [-0.2, 0) is 0 Å². The number of hydrogen-bond acceptors (Lipinski definition) is 4. The lowest BCUT2D eigenvalue weighted by molar-refractivity contribution is 0.329. The molecule has 0 aliphatic rings. The molecule has 1 aromatic carbocycles. The van der Waals surface area contributed by atoms with Crippen LogP contribution in [0.4, 0.5) is 26.0 Å². The summed E-state index contributed by atoms with van der Waals surface area (Å²) < 4.78 is 31.7. The molecule has 0 saturated heterocycles. The Kier molecular flexibility index (Phi) is 3.79. The molecule has 0 atom stereocenters.